The molecule has 61 heavy (non-hydrogen) atoms. The highest BCUT2D eigenvalue weighted by molar-refractivity contribution is 6.30. The number of carbonyl (C=O) groups is 1. The molecule has 0 bridgehead atoms. The van der Waals surface area contributed by atoms with Crippen LogP contribution in [0.3, 0.4) is 0 Å². The number of furan rings is 1. The molecule has 0 radical (unpaired) electrons. The Balaban J connectivity index is 0.000000331. The smallest absolute Gasteiger partial charge is 0.410 e. The van der Waals surface area contributed by atoms with Crippen LogP contribution in [-0.4, -0.2) is 76.9 Å². The quantitative estimate of drug-likeness (QED) is 0.0546. The second-order valence-electron chi connectivity index (χ2n) is 17.3. The molecule has 2 aliphatic rings. The summed E-state index contributed by atoms with van der Waals surface area (Å²) >= 11 is 6.04. The number of para-hydroxylation sites is 1. The van der Waals surface area contributed by atoms with Gasteiger partial charge in [-0.15, -0.1) is 0 Å². The van der Waals surface area contributed by atoms with E-state index < -0.39 is 17.4 Å². The Bertz CT molecular complexity index is 2020. The number of benzene rings is 1. The van der Waals surface area contributed by atoms with Crippen molar-refractivity contribution in [3.8, 4) is 12.5 Å². The molecule has 1 amide bonds. The van der Waals surface area contributed by atoms with Gasteiger partial charge in [-0.05, 0) is 118 Å². The molecule has 2 saturated heterocycles. The average molecular weight is 875 g/mol. The van der Waals surface area contributed by atoms with Gasteiger partial charge in [-0.25, -0.2) is 4.79 Å². The number of nitrogens with zero attached hydrogens (tertiary/aromatic N) is 1. The molecule has 5 N–H and O–H groups in total. The maximum absolute atomic E-state index is 14.2. The summed E-state index contributed by atoms with van der Waals surface area (Å²) < 4.78 is 48.8. The van der Waals surface area contributed by atoms with E-state index in [1.807, 2.05) is 41.5 Å². The summed E-state index contributed by atoms with van der Waals surface area (Å²) in [6, 6.07) is 8.64. The highest BCUT2D eigenvalue weighted by Gasteiger charge is 2.42. The molecule has 15 heteroatoms. The number of anilines is 1. The van der Waals surface area contributed by atoms with Crippen molar-refractivity contribution >= 4 is 40.1 Å². The van der Waals surface area contributed by atoms with E-state index in [0.29, 0.717) is 60.3 Å². The second-order valence-corrected chi connectivity index (χ2v) is 17.7. The maximum atomic E-state index is 14.2. The summed E-state index contributed by atoms with van der Waals surface area (Å²) in [5.74, 6) is 0.303. The number of allylic oxidation sites excluding steroid dienone is 1. The number of aromatic amines is 1. The van der Waals surface area contributed by atoms with Gasteiger partial charge in [-0.3, -0.25) is 4.79 Å². The number of fused-ring (bicyclic) bond motifs is 1. The van der Waals surface area contributed by atoms with Crippen molar-refractivity contribution in [2.24, 2.45) is 5.92 Å². The molecule has 4 heterocycles. The summed E-state index contributed by atoms with van der Waals surface area (Å²) in [4.78, 5) is 28.8. The topological polar surface area (TPSA) is 162 Å². The number of hydrogen-bond donors (Lipinski definition) is 5. The number of H-pyrrole nitrogens is 1. The third-order valence-electron chi connectivity index (χ3n) is 9.65. The molecule has 0 aliphatic carbocycles. The van der Waals surface area contributed by atoms with Gasteiger partial charge in [0.25, 0.3) is 5.56 Å². The molecule has 1 aromatic carbocycles. The molecule has 2 unspecified atom stereocenters. The number of rotatable bonds is 11. The van der Waals surface area contributed by atoms with Gasteiger partial charge in [-0.1, -0.05) is 57.2 Å². The monoisotopic (exact) mass is 873 g/mol. The van der Waals surface area contributed by atoms with Crippen LogP contribution in [-0.2, 0) is 19.6 Å². The first-order valence-electron chi connectivity index (χ1n) is 20.4. The van der Waals surface area contributed by atoms with E-state index in [9.17, 15) is 18.4 Å². The molecule has 2 fully saturated rings. The Labute approximate surface area is 364 Å². The summed E-state index contributed by atoms with van der Waals surface area (Å²) in [6.07, 6.45) is 9.21. The molecular formula is C46H66ClF2N5O7. The largest absolute Gasteiger partial charge is 0.513 e. The Kier molecular flexibility index (Phi) is 20.1. The van der Waals surface area contributed by atoms with Crippen LogP contribution < -0.4 is 16.2 Å². The third-order valence-corrected chi connectivity index (χ3v) is 9.86. The SMILES string of the molecule is C#COC(C)(C)C.C1CCNC1.C=C(O)CCCCOC(F)(F)C(=C)Nc1c(C(C)=N)oc2ccccc12.CC1CN(C(=O)OC(C)(C)C)CCC1(C)c1cc(Cl)c[nH]c1=O. The van der Waals surface area contributed by atoms with Crippen LogP contribution in [0.5, 0.6) is 0 Å². The molecule has 0 saturated carbocycles. The summed E-state index contributed by atoms with van der Waals surface area (Å²) in [5.41, 5.74) is -0.244. The zero-order valence-corrected chi connectivity index (χ0v) is 38.0. The number of halogens is 3. The Morgan fingerprint density at radius 1 is 1.15 bits per heavy atom. The van der Waals surface area contributed by atoms with E-state index in [-0.39, 0.29) is 58.1 Å². The van der Waals surface area contributed by atoms with Crippen LogP contribution in [0.15, 0.2) is 70.4 Å². The van der Waals surface area contributed by atoms with E-state index >= 15 is 0 Å². The summed E-state index contributed by atoms with van der Waals surface area (Å²) in [5, 5.41) is 23.6. The molecule has 5 rings (SSSR count). The van der Waals surface area contributed by atoms with E-state index in [1.54, 1.807) is 35.2 Å². The number of unbranched alkanes of at least 4 members (excludes halogenated alkanes) is 1. The van der Waals surface area contributed by atoms with Crippen molar-refractivity contribution in [2.75, 3.05) is 38.1 Å². The highest BCUT2D eigenvalue weighted by Crippen LogP contribution is 2.39. The van der Waals surface area contributed by atoms with Crippen molar-refractivity contribution < 1.29 is 37.3 Å². The number of hydrogen-bond acceptors (Lipinski definition) is 10. The number of piperidine rings is 1. The molecular weight excluding hydrogens is 808 g/mol. The van der Waals surface area contributed by atoms with Crippen LogP contribution in [0.4, 0.5) is 19.3 Å². The number of terminal acetylenes is 1. The van der Waals surface area contributed by atoms with Crippen molar-refractivity contribution in [1.82, 2.24) is 15.2 Å². The number of ether oxygens (including phenoxy) is 3. The van der Waals surface area contributed by atoms with Gasteiger partial charge in [0.05, 0.1) is 28.8 Å². The Morgan fingerprint density at radius 2 is 1.79 bits per heavy atom. The van der Waals surface area contributed by atoms with Crippen LogP contribution in [0, 0.1) is 23.9 Å². The fraction of sp³-hybridized carbons (Fsp3) is 0.543. The van der Waals surface area contributed by atoms with Crippen LogP contribution in [0.2, 0.25) is 5.02 Å². The number of aliphatic hydroxyl groups excluding tert-OH is 1. The van der Waals surface area contributed by atoms with Gasteiger partial charge in [0, 0.05) is 42.1 Å². The number of likely N-dealkylation sites (tertiary alicyclic amines) is 1. The molecule has 2 aliphatic heterocycles. The lowest BCUT2D eigenvalue weighted by Gasteiger charge is -2.44. The minimum absolute atomic E-state index is 0.0178. The number of pyridine rings is 1. The predicted octanol–water partition coefficient (Wildman–Crippen LogP) is 10.9. The number of carbonyl (C=O) groups excluding carboxylic acids is 1. The first-order valence-corrected chi connectivity index (χ1v) is 20.8. The third kappa shape index (κ3) is 17.6. The van der Waals surface area contributed by atoms with Crippen molar-refractivity contribution in [2.45, 2.75) is 124 Å². The number of nitrogens with one attached hydrogen (secondary N) is 4. The van der Waals surface area contributed by atoms with Crippen molar-refractivity contribution in [1.29, 1.82) is 5.41 Å². The van der Waals surface area contributed by atoms with Gasteiger partial charge >= 0.3 is 12.2 Å². The molecule has 0 spiro atoms. The first kappa shape index (κ1) is 52.3. The van der Waals surface area contributed by atoms with Crippen molar-refractivity contribution in [3.63, 3.8) is 0 Å². The summed E-state index contributed by atoms with van der Waals surface area (Å²) in [6.45, 7) is 27.1. The fourth-order valence-electron chi connectivity index (χ4n) is 6.19. The lowest BCUT2D eigenvalue weighted by atomic mass is 9.68. The van der Waals surface area contributed by atoms with Gasteiger partial charge in [0.2, 0.25) is 0 Å². The minimum atomic E-state index is -3.60. The van der Waals surface area contributed by atoms with Gasteiger partial charge in [-0.2, -0.15) is 8.78 Å². The van der Waals surface area contributed by atoms with Gasteiger partial charge in [0.15, 0.2) is 5.76 Å². The van der Waals surface area contributed by atoms with Gasteiger partial charge < -0.3 is 49.7 Å². The molecule has 3 aromatic rings. The van der Waals surface area contributed by atoms with E-state index in [2.05, 4.69) is 53.5 Å². The second kappa shape index (κ2) is 23.4. The fourth-order valence-corrected chi connectivity index (χ4v) is 6.35. The van der Waals surface area contributed by atoms with Crippen molar-refractivity contribution in [3.05, 3.63) is 87.8 Å². The van der Waals surface area contributed by atoms with Crippen LogP contribution >= 0.6 is 11.6 Å². The molecule has 12 nitrogen and oxygen atoms in total. The number of amides is 1. The van der Waals surface area contributed by atoms with Crippen LogP contribution in [0.1, 0.15) is 112 Å². The minimum Gasteiger partial charge on any atom is -0.513 e. The average Bonchev–Trinajstić information content (AvgIpc) is 3.86. The Morgan fingerprint density at radius 3 is 2.30 bits per heavy atom. The van der Waals surface area contributed by atoms with E-state index in [4.69, 9.17) is 42.4 Å². The zero-order chi connectivity index (χ0) is 46.2. The highest BCUT2D eigenvalue weighted by atomic mass is 35.5. The molecule has 2 aromatic heterocycles. The number of aliphatic hydroxyl groups is 1. The number of aromatic nitrogens is 1. The maximum Gasteiger partial charge on any atom is 0.410 e. The lowest BCUT2D eigenvalue weighted by molar-refractivity contribution is -0.208. The number of alkyl halides is 2. The zero-order valence-electron chi connectivity index (χ0n) is 37.3. The van der Waals surface area contributed by atoms with Crippen LogP contribution in [0.25, 0.3) is 11.0 Å². The predicted molar refractivity (Wildman–Crippen MR) is 241 cm³/mol. The lowest BCUT2D eigenvalue weighted by Crippen LogP contribution is -2.51. The Hall–Kier alpha value is -4.84. The first-order chi connectivity index (χ1) is 28.3. The van der Waals surface area contributed by atoms with E-state index in [0.717, 1.165) is 0 Å². The summed E-state index contributed by atoms with van der Waals surface area (Å²) in [7, 11) is 0. The molecule has 2 atom stereocenters. The van der Waals surface area contributed by atoms with Gasteiger partial charge in [0.1, 0.15) is 28.6 Å². The standard InChI is InChI=1S/C19H22F2N2O3.C17H25ClN2O3.C6H10O.C4H9N/c1-12(24)8-6-7-11-25-19(20,21)14(3)23-17-15-9-4-5-10-16(15)26-18(17)13(2)22;1-11-10-20(15(22)23-16(2,3)4)7-6-17(11,5)13-8-12(18)9-19-14(13)21;1-5-7-6(2,3)4;1-2-4-5-3-1/h4-5,9-10,22-24H,1,3,6-8,11H2,2H3;8-9,11H,6-7,10H2,1-5H3,(H,19,21);1H,2-4H3;5H,1-4H2. The normalized spacial score (nSPS) is 17.6. The van der Waals surface area contributed by atoms with E-state index in [1.165, 1.54) is 39.1 Å². The molecule has 338 valence electrons.